The number of esters is 1. The van der Waals surface area contributed by atoms with E-state index in [2.05, 4.69) is 34.2 Å². The molecule has 0 bridgehead atoms. The maximum atomic E-state index is 12.5. The number of nitrogens with zero attached hydrogens (tertiary/aromatic N) is 1. The second kappa shape index (κ2) is 9.34. The van der Waals surface area contributed by atoms with Gasteiger partial charge in [0, 0.05) is 5.56 Å². The fourth-order valence-corrected chi connectivity index (χ4v) is 4.01. The fraction of sp³-hybridized carbons (Fsp3) is 0.120. The third-order valence-electron chi connectivity index (χ3n) is 4.60. The number of ether oxygens (including phenoxy) is 3. The van der Waals surface area contributed by atoms with E-state index < -0.39 is 5.97 Å². The molecule has 1 aliphatic rings. The molecule has 0 unspecified atom stereocenters. The number of fused-ring (bicyclic) bond motifs is 1. The molecule has 5 nitrogen and oxygen atoms in total. The Kier molecular flexibility index (Phi) is 6.36. The van der Waals surface area contributed by atoms with Crippen molar-refractivity contribution in [2.75, 3.05) is 13.2 Å². The van der Waals surface area contributed by atoms with E-state index in [1.54, 1.807) is 12.2 Å². The van der Waals surface area contributed by atoms with Gasteiger partial charge in [-0.1, -0.05) is 43.0 Å². The number of carbonyl (C=O) groups excluding carboxylic acids is 1. The molecule has 1 aliphatic heterocycles. The van der Waals surface area contributed by atoms with Crippen molar-refractivity contribution in [3.05, 3.63) is 87.6 Å². The first-order valence-electron chi connectivity index (χ1n) is 9.81. The van der Waals surface area contributed by atoms with Crippen molar-refractivity contribution in [2.24, 2.45) is 4.99 Å². The summed E-state index contributed by atoms with van der Waals surface area (Å²) in [6, 6.07) is 17.6. The highest BCUT2D eigenvalue weighted by Crippen LogP contribution is 2.35. The number of halogens is 1. The SMILES string of the molecule is C=CCOc1c(I)cc(/C=C2\N=C(c3ccc4ccccc4c3)OC2=O)cc1OCC. The average Bonchev–Trinajstić information content (AvgIpc) is 3.13. The van der Waals surface area contributed by atoms with Crippen LogP contribution in [0.1, 0.15) is 18.1 Å². The molecule has 1 heterocycles. The van der Waals surface area contributed by atoms with Crippen LogP contribution < -0.4 is 9.47 Å². The van der Waals surface area contributed by atoms with Crippen LogP contribution in [0, 0.1) is 3.57 Å². The number of aliphatic imine (C=N–C) groups is 1. The summed E-state index contributed by atoms with van der Waals surface area (Å²) >= 11 is 2.18. The van der Waals surface area contributed by atoms with Gasteiger partial charge in [0.2, 0.25) is 5.90 Å². The van der Waals surface area contributed by atoms with Crippen LogP contribution in [0.15, 0.2) is 77.9 Å². The predicted molar refractivity (Wildman–Crippen MR) is 131 cm³/mol. The molecule has 0 fully saturated rings. The van der Waals surface area contributed by atoms with Crippen molar-refractivity contribution < 1.29 is 19.0 Å². The summed E-state index contributed by atoms with van der Waals surface area (Å²) in [5, 5.41) is 2.17. The van der Waals surface area contributed by atoms with Crippen LogP contribution >= 0.6 is 22.6 Å². The Hall–Kier alpha value is -3.13. The number of hydrogen-bond donors (Lipinski definition) is 0. The van der Waals surface area contributed by atoms with Crippen LogP contribution in [0.4, 0.5) is 0 Å². The molecule has 0 atom stereocenters. The van der Waals surface area contributed by atoms with Crippen LogP contribution in [-0.4, -0.2) is 25.1 Å². The van der Waals surface area contributed by atoms with E-state index in [1.807, 2.05) is 61.5 Å². The third-order valence-corrected chi connectivity index (χ3v) is 5.40. The normalized spacial score (nSPS) is 14.5. The van der Waals surface area contributed by atoms with Gasteiger partial charge in [-0.05, 0) is 76.2 Å². The van der Waals surface area contributed by atoms with Gasteiger partial charge in [0.15, 0.2) is 17.2 Å². The standard InChI is InChI=1S/C25H20INO4/c1-3-11-30-23-20(26)12-16(14-22(23)29-4-2)13-21-25(28)31-24(27-21)19-10-9-17-7-5-6-8-18(17)15-19/h3,5-10,12-15H,1,4,11H2,2H3/b21-13-. The molecule has 4 rings (SSSR count). The maximum Gasteiger partial charge on any atom is 0.363 e. The topological polar surface area (TPSA) is 57.1 Å². The molecular weight excluding hydrogens is 505 g/mol. The van der Waals surface area contributed by atoms with E-state index in [0.717, 1.165) is 25.5 Å². The molecule has 3 aromatic carbocycles. The summed E-state index contributed by atoms with van der Waals surface area (Å²) in [6.07, 6.45) is 3.37. The van der Waals surface area contributed by atoms with Gasteiger partial charge in [-0.15, -0.1) is 0 Å². The van der Waals surface area contributed by atoms with E-state index >= 15 is 0 Å². The van der Waals surface area contributed by atoms with Gasteiger partial charge in [0.1, 0.15) is 6.61 Å². The third kappa shape index (κ3) is 4.64. The summed E-state index contributed by atoms with van der Waals surface area (Å²) in [5.41, 5.74) is 1.77. The maximum absolute atomic E-state index is 12.5. The molecule has 0 radical (unpaired) electrons. The Balaban J connectivity index is 1.68. The lowest BCUT2D eigenvalue weighted by molar-refractivity contribution is -0.129. The van der Waals surface area contributed by atoms with E-state index in [0.29, 0.717) is 30.6 Å². The smallest absolute Gasteiger partial charge is 0.363 e. The average molecular weight is 525 g/mol. The number of benzene rings is 3. The van der Waals surface area contributed by atoms with Crippen molar-refractivity contribution in [2.45, 2.75) is 6.92 Å². The minimum atomic E-state index is -0.483. The molecular formula is C25H20INO4. The summed E-state index contributed by atoms with van der Waals surface area (Å²) in [4.78, 5) is 16.9. The van der Waals surface area contributed by atoms with Crippen LogP contribution in [-0.2, 0) is 9.53 Å². The first-order valence-corrected chi connectivity index (χ1v) is 10.9. The highest BCUT2D eigenvalue weighted by atomic mass is 127. The van der Waals surface area contributed by atoms with Crippen molar-refractivity contribution in [1.29, 1.82) is 0 Å². The van der Waals surface area contributed by atoms with Gasteiger partial charge >= 0.3 is 5.97 Å². The Labute approximate surface area is 194 Å². The Bertz CT molecular complexity index is 1230. The number of carbonyl (C=O) groups is 1. The Morgan fingerprint density at radius 3 is 2.68 bits per heavy atom. The molecule has 0 aromatic heterocycles. The van der Waals surface area contributed by atoms with Crippen LogP contribution in [0.3, 0.4) is 0 Å². The second-order valence-electron chi connectivity index (χ2n) is 6.76. The van der Waals surface area contributed by atoms with Gasteiger partial charge in [0.05, 0.1) is 10.2 Å². The summed E-state index contributed by atoms with van der Waals surface area (Å²) in [6.45, 7) is 6.46. The van der Waals surface area contributed by atoms with E-state index in [-0.39, 0.29) is 5.70 Å². The van der Waals surface area contributed by atoms with Crippen molar-refractivity contribution in [3.8, 4) is 11.5 Å². The fourth-order valence-electron chi connectivity index (χ4n) is 3.23. The molecule has 3 aromatic rings. The summed E-state index contributed by atoms with van der Waals surface area (Å²) in [7, 11) is 0. The number of hydrogen-bond acceptors (Lipinski definition) is 5. The van der Waals surface area contributed by atoms with Gasteiger partial charge in [-0.2, -0.15) is 0 Å². The van der Waals surface area contributed by atoms with Crippen LogP contribution in [0.2, 0.25) is 0 Å². The van der Waals surface area contributed by atoms with E-state index in [4.69, 9.17) is 14.2 Å². The number of cyclic esters (lactones) is 1. The van der Waals surface area contributed by atoms with Gasteiger partial charge < -0.3 is 14.2 Å². The zero-order chi connectivity index (χ0) is 21.8. The lowest BCUT2D eigenvalue weighted by Crippen LogP contribution is -2.05. The van der Waals surface area contributed by atoms with Crippen LogP contribution in [0.5, 0.6) is 11.5 Å². The molecule has 0 N–H and O–H groups in total. The van der Waals surface area contributed by atoms with Gasteiger partial charge in [-0.3, -0.25) is 0 Å². The monoisotopic (exact) mass is 525 g/mol. The Morgan fingerprint density at radius 1 is 1.10 bits per heavy atom. The predicted octanol–water partition coefficient (Wildman–Crippen LogP) is 5.75. The minimum absolute atomic E-state index is 0.237. The second-order valence-corrected chi connectivity index (χ2v) is 7.92. The zero-order valence-corrected chi connectivity index (χ0v) is 19.1. The number of rotatable bonds is 7. The lowest BCUT2D eigenvalue weighted by Gasteiger charge is -2.13. The highest BCUT2D eigenvalue weighted by Gasteiger charge is 2.24. The van der Waals surface area contributed by atoms with Gasteiger partial charge in [-0.25, -0.2) is 9.79 Å². The van der Waals surface area contributed by atoms with Crippen molar-refractivity contribution in [3.63, 3.8) is 0 Å². The summed E-state index contributed by atoms with van der Waals surface area (Å²) < 4.78 is 17.8. The largest absolute Gasteiger partial charge is 0.490 e. The molecule has 156 valence electrons. The molecule has 0 saturated carbocycles. The minimum Gasteiger partial charge on any atom is -0.490 e. The van der Waals surface area contributed by atoms with Crippen molar-refractivity contribution in [1.82, 2.24) is 0 Å². The first kappa shape index (κ1) is 21.1. The van der Waals surface area contributed by atoms with E-state index in [1.165, 1.54) is 0 Å². The molecule has 0 amide bonds. The molecule has 0 spiro atoms. The lowest BCUT2D eigenvalue weighted by atomic mass is 10.1. The quantitative estimate of drug-likeness (QED) is 0.171. The molecule has 31 heavy (non-hydrogen) atoms. The summed E-state index contributed by atoms with van der Waals surface area (Å²) in [5.74, 6) is 1.07. The highest BCUT2D eigenvalue weighted by molar-refractivity contribution is 14.1. The Morgan fingerprint density at radius 2 is 1.90 bits per heavy atom. The van der Waals surface area contributed by atoms with Crippen LogP contribution in [0.25, 0.3) is 16.8 Å². The van der Waals surface area contributed by atoms with Gasteiger partial charge in [0.25, 0.3) is 0 Å². The molecule has 6 heteroatoms. The zero-order valence-electron chi connectivity index (χ0n) is 16.9. The molecule has 0 saturated heterocycles. The molecule has 0 aliphatic carbocycles. The van der Waals surface area contributed by atoms with Crippen molar-refractivity contribution >= 4 is 51.3 Å². The first-order chi connectivity index (χ1) is 15.1. The van der Waals surface area contributed by atoms with E-state index in [9.17, 15) is 4.79 Å².